The average molecular weight is 766 g/mol. The van der Waals surface area contributed by atoms with Crippen molar-refractivity contribution in [3.63, 3.8) is 0 Å². The molecule has 2 aromatic heterocycles. The molecule has 4 rings (SSSR count). The van der Waals surface area contributed by atoms with Crippen LogP contribution in [-0.4, -0.2) is 30.9 Å². The summed E-state index contributed by atoms with van der Waals surface area (Å²) in [4.78, 5) is 34.1. The zero-order chi connectivity index (χ0) is 39.5. The number of carbonyl (C=O) groups excluding carboxylic acids is 2. The van der Waals surface area contributed by atoms with E-state index < -0.39 is 17.8 Å². The lowest BCUT2D eigenvalue weighted by molar-refractivity contribution is -0.689. The molecule has 304 valence electrons. The summed E-state index contributed by atoms with van der Waals surface area (Å²) in [6.07, 6.45) is 32.1. The second-order valence-corrected chi connectivity index (χ2v) is 15.6. The molecule has 7 nitrogen and oxygen atoms in total. The van der Waals surface area contributed by atoms with Gasteiger partial charge < -0.3 is 9.47 Å². The molecule has 1 aliphatic heterocycles. The van der Waals surface area contributed by atoms with Crippen LogP contribution < -0.4 is 9.13 Å². The first kappa shape index (κ1) is 44.6. The Bertz CT molecular complexity index is 1570. The van der Waals surface area contributed by atoms with E-state index in [1.165, 1.54) is 89.9 Å². The zero-order valence-corrected chi connectivity index (χ0v) is 34.8. The second kappa shape index (κ2) is 27.5. The number of ether oxygens (including phenoxy) is 2. The number of hydrogen-bond donors (Lipinski definition) is 0. The van der Waals surface area contributed by atoms with Crippen molar-refractivity contribution in [2.24, 2.45) is 10.9 Å². The maximum absolute atomic E-state index is 14.4. The molecule has 3 aromatic rings. The maximum atomic E-state index is 14.4. The van der Waals surface area contributed by atoms with Gasteiger partial charge in [-0.15, -0.1) is 0 Å². The van der Waals surface area contributed by atoms with Gasteiger partial charge in [-0.1, -0.05) is 172 Å². The van der Waals surface area contributed by atoms with E-state index in [4.69, 9.17) is 14.5 Å². The third-order valence-electron chi connectivity index (χ3n) is 10.9. The van der Waals surface area contributed by atoms with Crippen molar-refractivity contribution in [3.05, 3.63) is 108 Å². The number of carbonyl (C=O) groups is 2. The average Bonchev–Trinajstić information content (AvgIpc) is 3.22. The normalized spacial score (nSPS) is 15.4. The van der Waals surface area contributed by atoms with Crippen LogP contribution in [0.5, 0.6) is 0 Å². The van der Waals surface area contributed by atoms with Crippen LogP contribution in [0, 0.1) is 5.92 Å². The number of hydrogen-bond acceptors (Lipinski definition) is 5. The molecule has 7 heteroatoms. The van der Waals surface area contributed by atoms with E-state index in [2.05, 4.69) is 13.8 Å². The van der Waals surface area contributed by atoms with Crippen molar-refractivity contribution in [2.75, 3.05) is 13.2 Å². The van der Waals surface area contributed by atoms with Crippen molar-refractivity contribution < 1.29 is 28.2 Å². The number of nitrogens with zero attached hydrogens (tertiary/aromatic N) is 3. The minimum absolute atomic E-state index is 0.337. The van der Waals surface area contributed by atoms with Gasteiger partial charge in [0.05, 0.1) is 24.5 Å². The summed E-state index contributed by atoms with van der Waals surface area (Å²) >= 11 is 0. The highest BCUT2D eigenvalue weighted by Crippen LogP contribution is 2.40. The Hall–Kier alpha value is -4.13. The number of rotatable bonds is 29. The summed E-state index contributed by atoms with van der Waals surface area (Å²) in [6, 6.07) is 21.8. The van der Waals surface area contributed by atoms with Crippen LogP contribution in [0.2, 0.25) is 0 Å². The molecule has 0 saturated carbocycles. The van der Waals surface area contributed by atoms with Crippen molar-refractivity contribution in [1.82, 2.24) is 0 Å². The molecular formula is C49H71N3O4+2. The van der Waals surface area contributed by atoms with Gasteiger partial charge in [0, 0.05) is 30.2 Å². The summed E-state index contributed by atoms with van der Waals surface area (Å²) in [7, 11) is 0. The zero-order valence-electron chi connectivity index (χ0n) is 34.8. The van der Waals surface area contributed by atoms with Gasteiger partial charge in [0.15, 0.2) is 37.9 Å². The van der Waals surface area contributed by atoms with Gasteiger partial charge in [-0.3, -0.25) is 4.79 Å². The van der Waals surface area contributed by atoms with Crippen LogP contribution in [-0.2, 0) is 32.2 Å². The van der Waals surface area contributed by atoms with E-state index >= 15 is 0 Å². The van der Waals surface area contributed by atoms with Crippen molar-refractivity contribution in [3.8, 4) is 0 Å². The number of benzene rings is 1. The predicted octanol–water partition coefficient (Wildman–Crippen LogP) is 11.0. The molecule has 2 unspecified atom stereocenters. The molecule has 0 radical (unpaired) electrons. The lowest BCUT2D eigenvalue weighted by atomic mass is 9.75. The molecule has 0 fully saturated rings. The largest absolute Gasteiger partial charge is 0.465 e. The summed E-state index contributed by atoms with van der Waals surface area (Å²) in [5, 5.41) is 0. The van der Waals surface area contributed by atoms with Crippen molar-refractivity contribution in [2.45, 2.75) is 161 Å². The fraction of sp³-hybridized carbons (Fsp3) is 0.571. The topological polar surface area (TPSA) is 72.7 Å². The lowest BCUT2D eigenvalue weighted by Crippen LogP contribution is -2.47. The van der Waals surface area contributed by atoms with Crippen LogP contribution in [0.1, 0.15) is 154 Å². The van der Waals surface area contributed by atoms with Crippen LogP contribution in [0.15, 0.2) is 108 Å². The van der Waals surface area contributed by atoms with E-state index in [1.54, 1.807) is 0 Å². The van der Waals surface area contributed by atoms with E-state index in [-0.39, 0.29) is 5.97 Å². The fourth-order valence-corrected chi connectivity index (χ4v) is 7.76. The Morgan fingerprint density at radius 2 is 0.964 bits per heavy atom. The quantitative estimate of drug-likeness (QED) is 0.0401. The fourth-order valence-electron chi connectivity index (χ4n) is 7.76. The monoisotopic (exact) mass is 766 g/mol. The molecular weight excluding hydrogens is 695 g/mol. The van der Waals surface area contributed by atoms with Gasteiger partial charge in [0.1, 0.15) is 11.6 Å². The van der Waals surface area contributed by atoms with Gasteiger partial charge in [-0.2, -0.15) is 9.13 Å². The number of aliphatic imine (C=N–C) groups is 1. The molecule has 1 aromatic carbocycles. The molecule has 0 aliphatic carbocycles. The van der Waals surface area contributed by atoms with Crippen molar-refractivity contribution >= 4 is 17.7 Å². The third kappa shape index (κ3) is 16.2. The summed E-state index contributed by atoms with van der Waals surface area (Å²) in [5.74, 6) is -2.12. The summed E-state index contributed by atoms with van der Waals surface area (Å²) < 4.78 is 16.3. The molecule has 0 N–H and O–H groups in total. The Labute approximate surface area is 338 Å². The lowest BCUT2D eigenvalue weighted by Gasteiger charge is -2.32. The number of aromatic nitrogens is 2. The number of allylic oxidation sites excluding steroid dienone is 1. The van der Waals surface area contributed by atoms with Gasteiger partial charge in [-0.05, 0) is 18.4 Å². The Morgan fingerprint density at radius 3 is 1.46 bits per heavy atom. The molecule has 0 bridgehead atoms. The second-order valence-electron chi connectivity index (χ2n) is 15.6. The maximum Gasteiger partial charge on any atom is 0.336 e. The van der Waals surface area contributed by atoms with Gasteiger partial charge >= 0.3 is 11.9 Å². The van der Waals surface area contributed by atoms with E-state index in [0.29, 0.717) is 43.3 Å². The van der Waals surface area contributed by atoms with Crippen molar-refractivity contribution in [1.29, 1.82) is 0 Å². The number of esters is 2. The van der Waals surface area contributed by atoms with E-state index in [0.717, 1.165) is 44.1 Å². The molecule has 1 aliphatic rings. The molecule has 0 amide bonds. The van der Waals surface area contributed by atoms with Gasteiger partial charge in [0.25, 0.3) is 0 Å². The SMILES string of the molecule is CCCCCCCCCCCCOC(=O)C1=C(C[n+]2ccccc2)N=C(C[n+]2ccccc2)C(C(=O)OCCCCCCCCCCCC)C1c1ccccc1. The summed E-state index contributed by atoms with van der Waals surface area (Å²) in [5.41, 5.74) is 2.62. The van der Waals surface area contributed by atoms with Crippen LogP contribution in [0.3, 0.4) is 0 Å². The minimum atomic E-state index is -0.780. The standard InChI is InChI=1S/C49H71N3O4/c1-3-5-7-9-11-13-15-17-19-30-38-55-48(53)46-43(40-51-34-26-22-27-35-51)50-44(41-52-36-28-23-29-37-52)47(45(46)42-32-24-21-25-33-42)49(54)56-39-31-20-18-16-14-12-10-8-6-4-2/h21-29,32-37,45-46H,3-20,30-31,38-41H2,1-2H3/q+2. The first-order valence-electron chi connectivity index (χ1n) is 22.2. The number of pyridine rings is 2. The first-order chi connectivity index (χ1) is 27.6. The molecule has 3 heterocycles. The summed E-state index contributed by atoms with van der Waals surface area (Å²) in [6.45, 7) is 5.98. The highest BCUT2D eigenvalue weighted by atomic mass is 16.5. The molecule has 2 atom stereocenters. The Kier molecular flexibility index (Phi) is 21.9. The first-order valence-corrected chi connectivity index (χ1v) is 22.2. The highest BCUT2D eigenvalue weighted by Gasteiger charge is 2.46. The number of unbranched alkanes of at least 4 members (excludes halogenated alkanes) is 18. The highest BCUT2D eigenvalue weighted by molar-refractivity contribution is 6.07. The minimum Gasteiger partial charge on any atom is -0.465 e. The van der Waals surface area contributed by atoms with Gasteiger partial charge in [-0.25, -0.2) is 9.79 Å². The molecule has 0 saturated heterocycles. The van der Waals surface area contributed by atoms with Crippen LogP contribution in [0.25, 0.3) is 0 Å². The van der Waals surface area contributed by atoms with E-state index in [9.17, 15) is 9.59 Å². The Balaban J connectivity index is 1.53. The third-order valence-corrected chi connectivity index (χ3v) is 10.9. The smallest absolute Gasteiger partial charge is 0.336 e. The van der Waals surface area contributed by atoms with Gasteiger partial charge in [0.2, 0.25) is 0 Å². The molecule has 56 heavy (non-hydrogen) atoms. The van der Waals surface area contributed by atoms with Crippen LogP contribution >= 0.6 is 0 Å². The van der Waals surface area contributed by atoms with Crippen LogP contribution in [0.4, 0.5) is 0 Å². The predicted molar refractivity (Wildman–Crippen MR) is 226 cm³/mol. The van der Waals surface area contributed by atoms with E-state index in [1.807, 2.05) is 101 Å². The molecule has 0 spiro atoms. The Morgan fingerprint density at radius 1 is 0.536 bits per heavy atom.